The number of hydrogen-bond acceptors (Lipinski definition) is 15. The van der Waals surface area contributed by atoms with Gasteiger partial charge in [-0.15, -0.1) is 0 Å². The van der Waals surface area contributed by atoms with E-state index in [2.05, 4.69) is 34.6 Å². The van der Waals surface area contributed by atoms with Crippen LogP contribution in [0.2, 0.25) is 0 Å². The van der Waals surface area contributed by atoms with E-state index in [1.165, 1.54) is 257 Å². The molecule has 0 amide bonds. The summed E-state index contributed by atoms with van der Waals surface area (Å²) in [5.41, 5.74) is 0. The first kappa shape index (κ1) is 98.1. The van der Waals surface area contributed by atoms with Gasteiger partial charge in [0.2, 0.25) is 0 Å². The van der Waals surface area contributed by atoms with Gasteiger partial charge in [-0.05, 0) is 31.6 Å². The Bertz CT molecular complexity index is 1910. The fourth-order valence-corrected chi connectivity index (χ4v) is 14.1. The predicted octanol–water partition coefficient (Wildman–Crippen LogP) is 24.4. The molecule has 3 unspecified atom stereocenters. The molecule has 3 N–H and O–H groups in total. The van der Waals surface area contributed by atoms with E-state index >= 15 is 0 Å². The molecular weight excluding hydrogens is 1310 g/mol. The first-order chi connectivity index (χ1) is 48.6. The second-order valence-electron chi connectivity index (χ2n) is 29.4. The monoisotopic (exact) mass is 1470 g/mol. The van der Waals surface area contributed by atoms with Gasteiger partial charge in [-0.3, -0.25) is 37.3 Å². The summed E-state index contributed by atoms with van der Waals surface area (Å²) in [6.45, 7) is 7.39. The summed E-state index contributed by atoms with van der Waals surface area (Å²) >= 11 is 0. The quantitative estimate of drug-likeness (QED) is 0.0222. The van der Waals surface area contributed by atoms with Gasteiger partial charge in [0.1, 0.15) is 19.3 Å². The van der Waals surface area contributed by atoms with E-state index in [-0.39, 0.29) is 25.7 Å². The van der Waals surface area contributed by atoms with E-state index in [1.807, 2.05) is 0 Å². The summed E-state index contributed by atoms with van der Waals surface area (Å²) in [7, 11) is -9.91. The van der Waals surface area contributed by atoms with E-state index in [4.69, 9.17) is 37.0 Å². The largest absolute Gasteiger partial charge is 0.472 e. The number of unbranched alkanes of at least 4 members (excludes halogenated alkanes) is 52. The SMILES string of the molecule is CCCCCCCCCCCCCCCCCCC(=O)OC[C@H](COP(=O)(O)OC[C@@H](O)COP(=O)(O)OC[C@@H](COC(=O)CCCCCCCCCCCCC)OC(=O)CCCCCCCCCCCCC)OC(=O)CCCCCCCCCCCCCCCCCCCCC(C)CC. The zero-order valence-electron chi connectivity index (χ0n) is 65.3. The van der Waals surface area contributed by atoms with E-state index < -0.39 is 97.5 Å². The van der Waals surface area contributed by atoms with Gasteiger partial charge in [-0.2, -0.15) is 0 Å². The van der Waals surface area contributed by atoms with Gasteiger partial charge >= 0.3 is 39.5 Å². The lowest BCUT2D eigenvalue weighted by atomic mass is 9.99. The fourth-order valence-electron chi connectivity index (χ4n) is 12.6. The van der Waals surface area contributed by atoms with E-state index in [0.29, 0.717) is 25.7 Å². The molecule has 0 rings (SSSR count). The number of rotatable bonds is 81. The highest BCUT2D eigenvalue weighted by Crippen LogP contribution is 2.45. The van der Waals surface area contributed by atoms with Crippen LogP contribution in [0, 0.1) is 5.92 Å². The van der Waals surface area contributed by atoms with Crippen LogP contribution in [-0.2, 0) is 65.4 Å². The van der Waals surface area contributed by atoms with Crippen LogP contribution < -0.4 is 0 Å². The first-order valence-electron chi connectivity index (χ1n) is 42.2. The molecule has 0 saturated carbocycles. The molecule has 0 aliphatic rings. The maximum absolute atomic E-state index is 13.1. The molecule has 0 fully saturated rings. The molecule has 0 heterocycles. The Morgan fingerprint density at radius 2 is 0.480 bits per heavy atom. The first-order valence-corrected chi connectivity index (χ1v) is 45.2. The molecule has 0 saturated heterocycles. The van der Waals surface area contributed by atoms with Crippen molar-refractivity contribution in [1.82, 2.24) is 0 Å². The molecule has 100 heavy (non-hydrogen) atoms. The number of phosphoric acid groups is 2. The summed E-state index contributed by atoms with van der Waals surface area (Å²) in [4.78, 5) is 73.0. The number of carbonyl (C=O) groups is 4. The number of aliphatic hydroxyl groups is 1. The van der Waals surface area contributed by atoms with Crippen LogP contribution in [-0.4, -0.2) is 96.7 Å². The van der Waals surface area contributed by atoms with Crippen molar-refractivity contribution in [2.75, 3.05) is 39.6 Å². The Hall–Kier alpha value is -1.94. The van der Waals surface area contributed by atoms with Crippen molar-refractivity contribution in [2.24, 2.45) is 5.92 Å². The fraction of sp³-hybridized carbons (Fsp3) is 0.951. The number of aliphatic hydroxyl groups excluding tert-OH is 1. The van der Waals surface area contributed by atoms with Gasteiger partial charge < -0.3 is 33.8 Å². The summed E-state index contributed by atoms with van der Waals surface area (Å²) in [6.07, 6.45) is 65.1. The average molecular weight is 1470 g/mol. The number of esters is 4. The lowest BCUT2D eigenvalue weighted by Gasteiger charge is -2.21. The van der Waals surface area contributed by atoms with Gasteiger partial charge in [0.05, 0.1) is 26.4 Å². The maximum atomic E-state index is 13.1. The van der Waals surface area contributed by atoms with Crippen LogP contribution in [0.1, 0.15) is 433 Å². The predicted molar refractivity (Wildman–Crippen MR) is 409 cm³/mol. The van der Waals surface area contributed by atoms with Crippen molar-refractivity contribution in [3.05, 3.63) is 0 Å². The third-order valence-corrected chi connectivity index (χ3v) is 21.3. The lowest BCUT2D eigenvalue weighted by molar-refractivity contribution is -0.161. The molecule has 0 aliphatic carbocycles. The molecule has 0 bridgehead atoms. The zero-order valence-corrected chi connectivity index (χ0v) is 67.1. The number of phosphoric ester groups is 2. The molecule has 0 aliphatic heterocycles. The van der Waals surface area contributed by atoms with Crippen molar-refractivity contribution in [2.45, 2.75) is 451 Å². The van der Waals surface area contributed by atoms with Crippen LogP contribution in [0.4, 0.5) is 0 Å². The average Bonchev–Trinajstić information content (AvgIpc) is 0.966. The zero-order chi connectivity index (χ0) is 73.4. The van der Waals surface area contributed by atoms with Gasteiger partial charge in [0, 0.05) is 25.7 Å². The molecule has 0 aromatic rings. The van der Waals surface area contributed by atoms with Crippen LogP contribution >= 0.6 is 15.6 Å². The Labute approximate surface area is 613 Å². The highest BCUT2D eigenvalue weighted by atomic mass is 31.2. The van der Waals surface area contributed by atoms with Crippen molar-refractivity contribution < 1.29 is 80.2 Å². The maximum Gasteiger partial charge on any atom is 0.472 e. The van der Waals surface area contributed by atoms with Crippen LogP contribution in [0.15, 0.2) is 0 Å². The number of carbonyl (C=O) groups excluding carboxylic acids is 4. The van der Waals surface area contributed by atoms with E-state index in [0.717, 1.165) is 95.8 Å². The Morgan fingerprint density at radius 1 is 0.280 bits per heavy atom. The topological polar surface area (TPSA) is 237 Å². The van der Waals surface area contributed by atoms with Gasteiger partial charge in [-0.1, -0.05) is 381 Å². The minimum Gasteiger partial charge on any atom is -0.462 e. The van der Waals surface area contributed by atoms with Gasteiger partial charge in [0.15, 0.2) is 12.2 Å². The van der Waals surface area contributed by atoms with Crippen molar-refractivity contribution in [1.29, 1.82) is 0 Å². The van der Waals surface area contributed by atoms with E-state index in [9.17, 15) is 43.2 Å². The Balaban J connectivity index is 5.20. The standard InChI is InChI=1S/C81H158O17P2/c1-6-10-13-16-19-22-25-26-27-33-36-41-45-50-55-60-65-79(84)92-71-77(98-81(86)67-62-57-52-47-42-37-34-31-29-28-30-32-35-40-43-48-53-58-63-74(5)9-4)73-96-100(89,90)94-69-75(82)68-93-99(87,88)95-72-76(97-80(85)66-61-56-51-46-39-24-21-18-15-12-8-3)70-91-78(83)64-59-54-49-44-38-23-20-17-14-11-7-2/h74-77,82H,6-73H2,1-5H3,(H,87,88)(H,89,90)/t74?,75-,76+,77+/m0/s1. The summed E-state index contributed by atoms with van der Waals surface area (Å²) in [6, 6.07) is 0. The second kappa shape index (κ2) is 73.9. The third-order valence-electron chi connectivity index (χ3n) is 19.4. The molecule has 0 radical (unpaired) electrons. The third kappa shape index (κ3) is 73.0. The molecular formula is C81H158O17P2. The smallest absolute Gasteiger partial charge is 0.462 e. The van der Waals surface area contributed by atoms with E-state index in [1.54, 1.807) is 0 Å². The van der Waals surface area contributed by atoms with Crippen molar-refractivity contribution in [3.8, 4) is 0 Å². The molecule has 6 atom stereocenters. The summed E-state index contributed by atoms with van der Waals surface area (Å²) in [5, 5.41) is 10.6. The van der Waals surface area contributed by atoms with Crippen molar-refractivity contribution in [3.63, 3.8) is 0 Å². The van der Waals surface area contributed by atoms with Gasteiger partial charge in [-0.25, -0.2) is 9.13 Å². The minimum atomic E-state index is -4.96. The summed E-state index contributed by atoms with van der Waals surface area (Å²) < 4.78 is 68.7. The second-order valence-corrected chi connectivity index (χ2v) is 32.3. The molecule has 19 heteroatoms. The highest BCUT2D eigenvalue weighted by molar-refractivity contribution is 7.47. The Morgan fingerprint density at radius 3 is 0.710 bits per heavy atom. The molecule has 0 spiro atoms. The Kier molecular flexibility index (Phi) is 72.5. The highest BCUT2D eigenvalue weighted by Gasteiger charge is 2.30. The lowest BCUT2D eigenvalue weighted by Crippen LogP contribution is -2.30. The summed E-state index contributed by atoms with van der Waals surface area (Å²) in [5.74, 6) is -1.23. The number of hydrogen-bond donors (Lipinski definition) is 3. The minimum absolute atomic E-state index is 0.108. The normalized spacial score (nSPS) is 14.1. The van der Waals surface area contributed by atoms with Crippen LogP contribution in [0.25, 0.3) is 0 Å². The number of ether oxygens (including phenoxy) is 4. The molecule has 0 aromatic carbocycles. The van der Waals surface area contributed by atoms with Crippen LogP contribution in [0.5, 0.6) is 0 Å². The molecule has 594 valence electrons. The van der Waals surface area contributed by atoms with Crippen molar-refractivity contribution >= 4 is 39.5 Å². The molecule has 17 nitrogen and oxygen atoms in total. The van der Waals surface area contributed by atoms with Gasteiger partial charge in [0.25, 0.3) is 0 Å². The van der Waals surface area contributed by atoms with Crippen LogP contribution in [0.3, 0.4) is 0 Å². The molecule has 0 aromatic heterocycles.